The summed E-state index contributed by atoms with van der Waals surface area (Å²) in [6.45, 7) is 6.22. The first kappa shape index (κ1) is 13.3. The molecule has 0 radical (unpaired) electrons. The maximum absolute atomic E-state index is 5.66. The van der Waals surface area contributed by atoms with Crippen molar-refractivity contribution in [2.75, 3.05) is 6.61 Å². The summed E-state index contributed by atoms with van der Waals surface area (Å²) >= 11 is 3.63. The molecular weight excluding hydrogens is 274 g/mol. The van der Waals surface area contributed by atoms with E-state index < -0.39 is 0 Å². The van der Waals surface area contributed by atoms with Crippen LogP contribution < -0.4 is 5.32 Å². The summed E-state index contributed by atoms with van der Waals surface area (Å²) in [5.74, 6) is 0. The normalized spacial score (nSPS) is 26.9. The molecule has 1 N–H and O–H groups in total. The number of hydrogen-bond donors (Lipinski definition) is 1. The van der Waals surface area contributed by atoms with Crippen molar-refractivity contribution in [1.82, 2.24) is 5.32 Å². The van der Waals surface area contributed by atoms with Gasteiger partial charge in [-0.3, -0.25) is 0 Å². The topological polar surface area (TPSA) is 21.3 Å². The Morgan fingerprint density at radius 2 is 2.37 bits per heavy atom. The predicted octanol–water partition coefficient (Wildman–Crippen LogP) is 4.13. The van der Waals surface area contributed by atoms with Gasteiger partial charge in [0.25, 0.3) is 0 Å². The molecule has 0 saturated carbocycles. The maximum Gasteiger partial charge on any atom is 0.0726 e. The van der Waals surface area contributed by atoms with Gasteiger partial charge in [-0.1, -0.05) is 6.07 Å². The van der Waals surface area contributed by atoms with E-state index in [-0.39, 0.29) is 5.54 Å². The first-order valence-electron chi connectivity index (χ1n) is 6.65. The summed E-state index contributed by atoms with van der Waals surface area (Å²) in [6, 6.07) is 6.58. The highest BCUT2D eigenvalue weighted by Gasteiger charge is 2.36. The number of ether oxygens (including phenoxy) is 1. The molecule has 1 aliphatic rings. The van der Waals surface area contributed by atoms with E-state index in [1.54, 1.807) is 11.3 Å². The molecule has 0 amide bonds. The standard InChI is InChI=1S/C15H19NOS2/c1-11-15(2,5-6-17-11)16-9-13-8-12(10-19-13)14-4-3-7-18-14/h3-4,7-8,10-11,16H,5-6,9H2,1-2H3. The van der Waals surface area contributed by atoms with Gasteiger partial charge < -0.3 is 10.1 Å². The van der Waals surface area contributed by atoms with Gasteiger partial charge in [0, 0.05) is 34.0 Å². The van der Waals surface area contributed by atoms with Crippen LogP contribution in [0.4, 0.5) is 0 Å². The third-order valence-corrected chi connectivity index (χ3v) is 5.87. The van der Waals surface area contributed by atoms with Gasteiger partial charge in [-0.05, 0) is 43.2 Å². The van der Waals surface area contributed by atoms with Gasteiger partial charge in [0.05, 0.1) is 6.10 Å². The average molecular weight is 293 g/mol. The lowest BCUT2D eigenvalue weighted by atomic mass is 9.95. The lowest BCUT2D eigenvalue weighted by Crippen LogP contribution is -2.47. The van der Waals surface area contributed by atoms with E-state index >= 15 is 0 Å². The van der Waals surface area contributed by atoms with Gasteiger partial charge in [-0.2, -0.15) is 0 Å². The van der Waals surface area contributed by atoms with Crippen LogP contribution in [0, 0.1) is 0 Å². The second-order valence-electron chi connectivity index (χ2n) is 5.31. The maximum atomic E-state index is 5.66. The summed E-state index contributed by atoms with van der Waals surface area (Å²) in [4.78, 5) is 2.75. The summed E-state index contributed by atoms with van der Waals surface area (Å²) < 4.78 is 5.66. The molecule has 0 aromatic carbocycles. The molecule has 102 valence electrons. The van der Waals surface area contributed by atoms with E-state index in [0.717, 1.165) is 19.6 Å². The molecule has 2 aromatic rings. The van der Waals surface area contributed by atoms with E-state index in [9.17, 15) is 0 Å². The van der Waals surface area contributed by atoms with E-state index in [0.29, 0.717) is 6.10 Å². The van der Waals surface area contributed by atoms with Crippen LogP contribution in [0.25, 0.3) is 10.4 Å². The van der Waals surface area contributed by atoms with Crippen LogP contribution in [0.3, 0.4) is 0 Å². The SMILES string of the molecule is CC1OCCC1(C)NCc1cc(-c2cccs2)cs1. The van der Waals surface area contributed by atoms with Crippen LogP contribution in [0.15, 0.2) is 29.0 Å². The largest absolute Gasteiger partial charge is 0.377 e. The van der Waals surface area contributed by atoms with Crippen molar-refractivity contribution in [1.29, 1.82) is 0 Å². The fourth-order valence-corrected chi connectivity index (χ4v) is 4.01. The van der Waals surface area contributed by atoms with Crippen molar-refractivity contribution in [3.05, 3.63) is 33.8 Å². The lowest BCUT2D eigenvalue weighted by molar-refractivity contribution is 0.0882. The Morgan fingerprint density at radius 1 is 1.47 bits per heavy atom. The van der Waals surface area contributed by atoms with Crippen LogP contribution in [0.2, 0.25) is 0 Å². The third-order valence-electron chi connectivity index (χ3n) is 4.01. The minimum atomic E-state index is 0.118. The highest BCUT2D eigenvalue weighted by Crippen LogP contribution is 2.30. The van der Waals surface area contributed by atoms with E-state index in [2.05, 4.69) is 48.1 Å². The van der Waals surface area contributed by atoms with E-state index in [1.807, 2.05) is 11.3 Å². The van der Waals surface area contributed by atoms with Gasteiger partial charge in [-0.15, -0.1) is 22.7 Å². The minimum absolute atomic E-state index is 0.118. The molecule has 2 atom stereocenters. The van der Waals surface area contributed by atoms with Crippen molar-refractivity contribution < 1.29 is 4.74 Å². The molecule has 19 heavy (non-hydrogen) atoms. The molecule has 3 rings (SSSR count). The summed E-state index contributed by atoms with van der Waals surface area (Å²) in [6.07, 6.45) is 1.39. The second-order valence-corrected chi connectivity index (χ2v) is 7.26. The Labute approximate surface area is 122 Å². The molecule has 0 bridgehead atoms. The van der Waals surface area contributed by atoms with E-state index in [1.165, 1.54) is 15.3 Å². The van der Waals surface area contributed by atoms with Gasteiger partial charge in [0.2, 0.25) is 0 Å². The minimum Gasteiger partial charge on any atom is -0.377 e. The quantitative estimate of drug-likeness (QED) is 0.915. The number of nitrogens with one attached hydrogen (secondary N) is 1. The predicted molar refractivity (Wildman–Crippen MR) is 82.9 cm³/mol. The van der Waals surface area contributed by atoms with Crippen LogP contribution in [0.5, 0.6) is 0 Å². The lowest BCUT2D eigenvalue weighted by Gasteiger charge is -2.28. The van der Waals surface area contributed by atoms with Crippen LogP contribution in [-0.2, 0) is 11.3 Å². The molecule has 0 aliphatic carbocycles. The van der Waals surface area contributed by atoms with Crippen molar-refractivity contribution in [3.8, 4) is 10.4 Å². The molecule has 2 unspecified atom stereocenters. The first-order valence-corrected chi connectivity index (χ1v) is 8.41. The molecule has 1 saturated heterocycles. The van der Waals surface area contributed by atoms with Crippen LogP contribution in [-0.4, -0.2) is 18.2 Å². The van der Waals surface area contributed by atoms with E-state index in [4.69, 9.17) is 4.74 Å². The van der Waals surface area contributed by atoms with Gasteiger partial charge in [0.1, 0.15) is 0 Å². The zero-order valence-corrected chi connectivity index (χ0v) is 12.9. The van der Waals surface area contributed by atoms with Gasteiger partial charge >= 0.3 is 0 Å². The molecular formula is C15H19NOS2. The number of rotatable bonds is 4. The first-order chi connectivity index (χ1) is 9.17. The number of hydrogen-bond acceptors (Lipinski definition) is 4. The van der Waals surface area contributed by atoms with Crippen molar-refractivity contribution >= 4 is 22.7 Å². The van der Waals surface area contributed by atoms with Gasteiger partial charge in [-0.25, -0.2) is 0 Å². The molecule has 2 aromatic heterocycles. The van der Waals surface area contributed by atoms with Crippen molar-refractivity contribution in [3.63, 3.8) is 0 Å². The Bertz CT molecular complexity index is 534. The van der Waals surface area contributed by atoms with Gasteiger partial charge in [0.15, 0.2) is 0 Å². The molecule has 2 nitrogen and oxygen atoms in total. The Balaban J connectivity index is 1.65. The van der Waals surface area contributed by atoms with Crippen molar-refractivity contribution in [2.24, 2.45) is 0 Å². The second kappa shape index (κ2) is 5.37. The highest BCUT2D eigenvalue weighted by atomic mass is 32.1. The fraction of sp³-hybridized carbons (Fsp3) is 0.467. The Morgan fingerprint density at radius 3 is 3.05 bits per heavy atom. The third kappa shape index (κ3) is 2.77. The zero-order chi connectivity index (χ0) is 13.3. The van der Waals surface area contributed by atoms with Crippen LogP contribution in [0.1, 0.15) is 25.1 Å². The molecule has 1 aliphatic heterocycles. The van der Waals surface area contributed by atoms with Crippen molar-refractivity contribution in [2.45, 2.75) is 38.5 Å². The average Bonchev–Trinajstić information content (AvgIpc) is 3.10. The van der Waals surface area contributed by atoms with Crippen LogP contribution >= 0.6 is 22.7 Å². The fourth-order valence-electron chi connectivity index (χ4n) is 2.40. The summed E-state index contributed by atoms with van der Waals surface area (Å²) in [7, 11) is 0. The Kier molecular flexibility index (Phi) is 3.76. The summed E-state index contributed by atoms with van der Waals surface area (Å²) in [5.41, 5.74) is 1.46. The number of thiophene rings is 2. The molecule has 1 fully saturated rings. The smallest absolute Gasteiger partial charge is 0.0726 e. The molecule has 0 spiro atoms. The molecule has 3 heterocycles. The zero-order valence-electron chi connectivity index (χ0n) is 11.3. The summed E-state index contributed by atoms with van der Waals surface area (Å²) in [5, 5.41) is 8.05. The monoisotopic (exact) mass is 293 g/mol. The Hall–Kier alpha value is -0.680. The highest BCUT2D eigenvalue weighted by molar-refractivity contribution is 7.14. The molecule has 4 heteroatoms.